The molecule has 0 atom stereocenters. The topological polar surface area (TPSA) is 84.1 Å². The number of ether oxygens (including phenoxy) is 1. The zero-order valence-electron chi connectivity index (χ0n) is 11.1. The van der Waals surface area contributed by atoms with Gasteiger partial charge >= 0.3 is 0 Å². The van der Waals surface area contributed by atoms with Crippen LogP contribution in [0.5, 0.6) is 5.75 Å². The molecule has 0 aliphatic heterocycles. The zero-order chi connectivity index (χ0) is 16.0. The van der Waals surface area contributed by atoms with Gasteiger partial charge in [0.25, 0.3) is 10.0 Å². The van der Waals surface area contributed by atoms with Crippen LogP contribution in [0.1, 0.15) is 0 Å². The van der Waals surface area contributed by atoms with Gasteiger partial charge in [0.05, 0.1) is 19.1 Å². The number of benzene rings is 1. The highest BCUT2D eigenvalue weighted by molar-refractivity contribution is 7.89. The number of H-pyrrole nitrogens is 1. The van der Waals surface area contributed by atoms with Gasteiger partial charge in [-0.15, -0.1) is 0 Å². The number of aromatic amines is 1. The van der Waals surface area contributed by atoms with Gasteiger partial charge < -0.3 is 9.72 Å². The largest absolute Gasteiger partial charge is 0.478 e. The van der Waals surface area contributed by atoms with Crippen molar-refractivity contribution in [2.45, 2.75) is 5.03 Å². The lowest BCUT2D eigenvalue weighted by Gasteiger charge is -2.03. The Morgan fingerprint density at radius 1 is 1.32 bits per heavy atom. The molecule has 0 amide bonds. The van der Waals surface area contributed by atoms with Crippen molar-refractivity contribution in [3.8, 4) is 17.6 Å². The molecule has 1 aromatic heterocycles. The summed E-state index contributed by atoms with van der Waals surface area (Å²) in [6.45, 7) is -0.301. The molecule has 116 valence electrons. The second-order valence-electron chi connectivity index (χ2n) is 3.96. The van der Waals surface area contributed by atoms with E-state index in [9.17, 15) is 17.2 Å². The van der Waals surface area contributed by atoms with E-state index in [1.165, 1.54) is 6.33 Å². The Labute approximate surface area is 125 Å². The summed E-state index contributed by atoms with van der Waals surface area (Å²) in [6, 6.07) is 2.90. The standard InChI is InChI=1S/C13H11F2N3O3S/c14-10-3-4-12(11(15)7-10)21-6-2-1-5-18-22(19,20)13-8-16-9-17-13/h3-4,7-9,18H,5-6H2,(H,16,17). The smallest absolute Gasteiger partial charge is 0.258 e. The van der Waals surface area contributed by atoms with E-state index in [1.807, 2.05) is 0 Å². The Bertz CT molecular complexity index is 796. The van der Waals surface area contributed by atoms with Crippen molar-refractivity contribution >= 4 is 10.0 Å². The Balaban J connectivity index is 1.80. The molecule has 2 N–H and O–H groups in total. The first-order chi connectivity index (χ1) is 10.5. The summed E-state index contributed by atoms with van der Waals surface area (Å²) >= 11 is 0. The summed E-state index contributed by atoms with van der Waals surface area (Å²) in [5, 5.41) is -0.0704. The van der Waals surface area contributed by atoms with Crippen LogP contribution in [0.15, 0.2) is 35.7 Å². The second kappa shape index (κ2) is 7.02. The van der Waals surface area contributed by atoms with Crippen LogP contribution < -0.4 is 9.46 Å². The molecule has 9 heteroatoms. The summed E-state index contributed by atoms with van der Waals surface area (Å²) in [4.78, 5) is 6.06. The number of sulfonamides is 1. The highest BCUT2D eigenvalue weighted by Gasteiger charge is 2.13. The number of rotatable bonds is 5. The summed E-state index contributed by atoms with van der Waals surface area (Å²) in [5.41, 5.74) is 0. The van der Waals surface area contributed by atoms with Crippen molar-refractivity contribution < 1.29 is 21.9 Å². The number of nitrogens with zero attached hydrogens (tertiary/aromatic N) is 1. The second-order valence-corrected chi connectivity index (χ2v) is 5.69. The zero-order valence-corrected chi connectivity index (χ0v) is 12.0. The maximum atomic E-state index is 13.2. The third-order valence-electron chi connectivity index (χ3n) is 2.43. The molecule has 2 aromatic rings. The first kappa shape index (κ1) is 15.9. The van der Waals surface area contributed by atoms with Crippen LogP contribution in [0, 0.1) is 23.5 Å². The highest BCUT2D eigenvalue weighted by atomic mass is 32.2. The fourth-order valence-electron chi connectivity index (χ4n) is 1.42. The van der Waals surface area contributed by atoms with E-state index in [1.54, 1.807) is 0 Å². The van der Waals surface area contributed by atoms with Crippen LogP contribution in [0.3, 0.4) is 0 Å². The van der Waals surface area contributed by atoms with Crippen molar-refractivity contribution in [2.75, 3.05) is 13.2 Å². The molecular weight excluding hydrogens is 316 g/mol. The average molecular weight is 327 g/mol. The SMILES string of the molecule is O=S(=O)(NCC#CCOc1ccc(F)cc1F)c1cnc[nH]1. The minimum Gasteiger partial charge on any atom is -0.478 e. The minimum absolute atomic E-state index is 0.0704. The van der Waals surface area contributed by atoms with E-state index in [4.69, 9.17) is 4.74 Å². The molecule has 2 rings (SSSR count). The molecule has 0 saturated carbocycles. The van der Waals surface area contributed by atoms with Crippen molar-refractivity contribution in [3.63, 3.8) is 0 Å². The van der Waals surface area contributed by atoms with Gasteiger partial charge in [0.15, 0.2) is 16.6 Å². The first-order valence-corrected chi connectivity index (χ1v) is 7.49. The highest BCUT2D eigenvalue weighted by Crippen LogP contribution is 2.17. The van der Waals surface area contributed by atoms with Crippen molar-refractivity contribution in [1.29, 1.82) is 0 Å². The van der Waals surface area contributed by atoms with Gasteiger partial charge in [0, 0.05) is 6.07 Å². The quantitative estimate of drug-likeness (QED) is 0.804. The molecule has 0 radical (unpaired) electrons. The van der Waals surface area contributed by atoms with Gasteiger partial charge in [-0.3, -0.25) is 0 Å². The maximum Gasteiger partial charge on any atom is 0.258 e. The van der Waals surface area contributed by atoms with E-state index in [0.717, 1.165) is 18.3 Å². The number of halogens is 2. The summed E-state index contributed by atoms with van der Waals surface area (Å²) in [7, 11) is -3.68. The lowest BCUT2D eigenvalue weighted by atomic mass is 10.3. The number of nitrogens with one attached hydrogen (secondary N) is 2. The van der Waals surface area contributed by atoms with E-state index in [2.05, 4.69) is 26.5 Å². The van der Waals surface area contributed by atoms with E-state index < -0.39 is 21.7 Å². The molecule has 0 fully saturated rings. The molecule has 0 bridgehead atoms. The van der Waals surface area contributed by atoms with Gasteiger partial charge in [-0.05, 0) is 12.1 Å². The van der Waals surface area contributed by atoms with Gasteiger partial charge in [-0.1, -0.05) is 11.8 Å². The summed E-state index contributed by atoms with van der Waals surface area (Å²) in [6.07, 6.45) is 2.40. The molecular formula is C13H11F2N3O3S. The van der Waals surface area contributed by atoms with Crippen LogP contribution in [-0.2, 0) is 10.0 Å². The average Bonchev–Trinajstić information content (AvgIpc) is 2.99. The molecule has 1 aromatic carbocycles. The van der Waals surface area contributed by atoms with Crippen molar-refractivity contribution in [3.05, 3.63) is 42.4 Å². The lowest BCUT2D eigenvalue weighted by Crippen LogP contribution is -2.24. The van der Waals surface area contributed by atoms with Crippen molar-refractivity contribution in [1.82, 2.24) is 14.7 Å². The molecule has 22 heavy (non-hydrogen) atoms. The normalized spacial score (nSPS) is 10.8. The molecule has 0 unspecified atom stereocenters. The number of aromatic nitrogens is 2. The van der Waals surface area contributed by atoms with Gasteiger partial charge in [-0.2, -0.15) is 4.72 Å². The van der Waals surface area contributed by atoms with Gasteiger partial charge in [-0.25, -0.2) is 22.2 Å². The third kappa shape index (κ3) is 4.28. The van der Waals surface area contributed by atoms with Gasteiger partial charge in [0.1, 0.15) is 12.4 Å². The van der Waals surface area contributed by atoms with E-state index >= 15 is 0 Å². The molecule has 1 heterocycles. The molecule has 0 aliphatic rings. The maximum absolute atomic E-state index is 13.2. The lowest BCUT2D eigenvalue weighted by molar-refractivity contribution is 0.346. The van der Waals surface area contributed by atoms with E-state index in [-0.39, 0.29) is 23.9 Å². The molecule has 0 spiro atoms. The monoisotopic (exact) mass is 327 g/mol. The Kier molecular flexibility index (Phi) is 5.08. The molecule has 6 nitrogen and oxygen atoms in total. The van der Waals surface area contributed by atoms with Gasteiger partial charge in [0.2, 0.25) is 0 Å². The summed E-state index contributed by atoms with van der Waals surface area (Å²) in [5.74, 6) is 3.35. The van der Waals surface area contributed by atoms with E-state index in [0.29, 0.717) is 6.07 Å². The van der Waals surface area contributed by atoms with Crippen LogP contribution >= 0.6 is 0 Å². The Morgan fingerprint density at radius 3 is 2.82 bits per heavy atom. The number of hydrogen-bond acceptors (Lipinski definition) is 4. The fraction of sp³-hybridized carbons (Fsp3) is 0.154. The first-order valence-electron chi connectivity index (χ1n) is 6.00. The Morgan fingerprint density at radius 2 is 2.14 bits per heavy atom. The van der Waals surface area contributed by atoms with Crippen molar-refractivity contribution in [2.24, 2.45) is 0 Å². The van der Waals surface area contributed by atoms with Crippen LogP contribution in [0.25, 0.3) is 0 Å². The van der Waals surface area contributed by atoms with Crippen LogP contribution in [-0.4, -0.2) is 31.5 Å². The number of imidazole rings is 1. The predicted octanol–water partition coefficient (Wildman–Crippen LogP) is 1.05. The third-order valence-corrected chi connectivity index (χ3v) is 3.76. The Hall–Kier alpha value is -2.44. The van der Waals surface area contributed by atoms with Crippen LogP contribution in [0.2, 0.25) is 0 Å². The predicted molar refractivity (Wildman–Crippen MR) is 73.4 cm³/mol. The number of hydrogen-bond donors (Lipinski definition) is 2. The summed E-state index contributed by atoms with van der Waals surface area (Å²) < 4.78 is 56.4. The fourth-order valence-corrected chi connectivity index (χ4v) is 2.24. The van der Waals surface area contributed by atoms with Crippen LogP contribution in [0.4, 0.5) is 8.78 Å². The molecule has 0 aliphatic carbocycles. The molecule has 0 saturated heterocycles. The minimum atomic E-state index is -3.68.